The lowest BCUT2D eigenvalue weighted by atomic mass is 10.4. The minimum atomic E-state index is -0.574. The van der Waals surface area contributed by atoms with Crippen molar-refractivity contribution < 1.29 is 9.59 Å². The van der Waals surface area contributed by atoms with Crippen molar-refractivity contribution in [3.63, 3.8) is 0 Å². The maximum Gasteiger partial charge on any atom is 0.271 e. The van der Waals surface area contributed by atoms with Gasteiger partial charge in [0.05, 0.1) is 6.54 Å². The van der Waals surface area contributed by atoms with E-state index in [-0.39, 0.29) is 12.5 Å². The molecule has 7 nitrogen and oxygen atoms in total. The molecule has 1 aliphatic heterocycles. The number of anilines is 1. The molecule has 2 rings (SSSR count). The second kappa shape index (κ2) is 4.21. The summed E-state index contributed by atoms with van der Waals surface area (Å²) in [6, 6.07) is 0. The largest absolute Gasteiger partial charge is 0.368 e. The monoisotopic (exact) mass is 223 g/mol. The molecule has 0 aromatic carbocycles. The van der Waals surface area contributed by atoms with Gasteiger partial charge in [-0.25, -0.2) is 4.98 Å². The van der Waals surface area contributed by atoms with Crippen LogP contribution < -0.4 is 16.4 Å². The highest BCUT2D eigenvalue weighted by atomic mass is 16.2. The molecule has 0 bridgehead atoms. The van der Waals surface area contributed by atoms with Crippen LogP contribution in [0.1, 0.15) is 16.9 Å². The van der Waals surface area contributed by atoms with Crippen LogP contribution in [0.4, 0.5) is 5.95 Å². The van der Waals surface area contributed by atoms with Gasteiger partial charge in [-0.15, -0.1) is 0 Å². The van der Waals surface area contributed by atoms with Crippen LogP contribution >= 0.6 is 0 Å². The first-order valence-electron chi connectivity index (χ1n) is 5.04. The molecule has 1 aromatic rings. The van der Waals surface area contributed by atoms with E-state index < -0.39 is 5.91 Å². The Bertz CT molecular complexity index is 402. The number of aromatic nitrogens is 2. The number of primary amides is 1. The Morgan fingerprint density at radius 3 is 3.12 bits per heavy atom. The standard InChI is InChI=1S/C9H13N5O2/c10-7(15)4-12-8(16)6-5-14-3-1-2-11-9(14)13-6/h5H,1-4H2,(H2,10,15)(H,11,13)(H,12,16). The number of rotatable bonds is 3. The van der Waals surface area contributed by atoms with Gasteiger partial charge in [0.15, 0.2) is 0 Å². The van der Waals surface area contributed by atoms with Gasteiger partial charge < -0.3 is 20.9 Å². The van der Waals surface area contributed by atoms with Gasteiger partial charge in [0.2, 0.25) is 11.9 Å². The Kier molecular flexibility index (Phi) is 2.76. The summed E-state index contributed by atoms with van der Waals surface area (Å²) in [5.74, 6) is -0.270. The molecule has 2 amide bonds. The molecule has 7 heteroatoms. The lowest BCUT2D eigenvalue weighted by Gasteiger charge is -2.14. The van der Waals surface area contributed by atoms with E-state index in [0.29, 0.717) is 11.6 Å². The quantitative estimate of drug-likeness (QED) is 0.606. The Hall–Kier alpha value is -2.05. The number of nitrogens with one attached hydrogen (secondary N) is 2. The molecular formula is C9H13N5O2. The summed E-state index contributed by atoms with van der Waals surface area (Å²) in [7, 11) is 0. The van der Waals surface area contributed by atoms with Gasteiger partial charge in [0.1, 0.15) is 5.69 Å². The lowest BCUT2D eigenvalue weighted by Crippen LogP contribution is -2.33. The van der Waals surface area contributed by atoms with Gasteiger partial charge in [-0.2, -0.15) is 0 Å². The minimum Gasteiger partial charge on any atom is -0.368 e. The van der Waals surface area contributed by atoms with Gasteiger partial charge in [0.25, 0.3) is 5.91 Å². The summed E-state index contributed by atoms with van der Waals surface area (Å²) in [6.07, 6.45) is 2.67. The molecule has 0 fully saturated rings. The van der Waals surface area contributed by atoms with Crippen molar-refractivity contribution in [2.24, 2.45) is 5.73 Å². The van der Waals surface area contributed by atoms with E-state index in [1.54, 1.807) is 6.20 Å². The Morgan fingerprint density at radius 1 is 1.62 bits per heavy atom. The SMILES string of the molecule is NC(=O)CNC(=O)c1cn2c(n1)NCCC2. The Balaban J connectivity index is 2.06. The molecule has 1 aromatic heterocycles. The molecular weight excluding hydrogens is 210 g/mol. The number of nitrogens with zero attached hydrogens (tertiary/aromatic N) is 2. The van der Waals surface area contributed by atoms with Crippen molar-refractivity contribution in [2.45, 2.75) is 13.0 Å². The van der Waals surface area contributed by atoms with Crippen LogP contribution in [-0.2, 0) is 11.3 Å². The topological polar surface area (TPSA) is 102 Å². The fourth-order valence-electron chi connectivity index (χ4n) is 1.54. The van der Waals surface area contributed by atoms with Gasteiger partial charge in [-0.05, 0) is 6.42 Å². The smallest absolute Gasteiger partial charge is 0.271 e. The number of amides is 2. The highest BCUT2D eigenvalue weighted by molar-refractivity contribution is 5.94. The minimum absolute atomic E-state index is 0.172. The van der Waals surface area contributed by atoms with E-state index in [0.717, 1.165) is 19.5 Å². The van der Waals surface area contributed by atoms with Gasteiger partial charge in [-0.1, -0.05) is 0 Å². The van der Waals surface area contributed by atoms with E-state index in [4.69, 9.17) is 5.73 Å². The first-order valence-corrected chi connectivity index (χ1v) is 5.04. The van der Waals surface area contributed by atoms with Crippen LogP contribution in [0.5, 0.6) is 0 Å². The highest BCUT2D eigenvalue weighted by Gasteiger charge is 2.16. The van der Waals surface area contributed by atoms with Crippen LogP contribution in [0.3, 0.4) is 0 Å². The molecule has 0 saturated heterocycles. The number of fused-ring (bicyclic) bond motifs is 1. The molecule has 2 heterocycles. The molecule has 0 spiro atoms. The molecule has 0 saturated carbocycles. The second-order valence-corrected chi connectivity index (χ2v) is 3.57. The maximum atomic E-state index is 11.5. The number of aryl methyl sites for hydroxylation is 1. The van der Waals surface area contributed by atoms with Gasteiger partial charge >= 0.3 is 0 Å². The average Bonchev–Trinajstić information content (AvgIpc) is 2.69. The number of carbonyl (C=O) groups is 2. The van der Waals surface area contributed by atoms with Crippen molar-refractivity contribution in [1.29, 1.82) is 0 Å². The Labute approximate surface area is 92.0 Å². The number of nitrogens with two attached hydrogens (primary N) is 1. The summed E-state index contributed by atoms with van der Waals surface area (Å²) < 4.78 is 1.88. The number of hydrogen-bond donors (Lipinski definition) is 3. The predicted molar refractivity (Wildman–Crippen MR) is 56.9 cm³/mol. The van der Waals surface area contributed by atoms with Gasteiger partial charge in [-0.3, -0.25) is 9.59 Å². The summed E-state index contributed by atoms with van der Waals surface area (Å²) in [5, 5.41) is 5.47. The van der Waals surface area contributed by atoms with E-state index in [2.05, 4.69) is 15.6 Å². The molecule has 86 valence electrons. The molecule has 0 radical (unpaired) electrons. The first kappa shape index (κ1) is 10.5. The van der Waals surface area contributed by atoms with Gasteiger partial charge in [0, 0.05) is 19.3 Å². The van der Waals surface area contributed by atoms with Crippen LogP contribution in [0, 0.1) is 0 Å². The van der Waals surface area contributed by atoms with E-state index in [9.17, 15) is 9.59 Å². The van der Waals surface area contributed by atoms with Crippen molar-refractivity contribution in [1.82, 2.24) is 14.9 Å². The number of imidazole rings is 1. The van der Waals surface area contributed by atoms with Crippen LogP contribution in [0.25, 0.3) is 0 Å². The van der Waals surface area contributed by atoms with Crippen molar-refractivity contribution in [2.75, 3.05) is 18.4 Å². The van der Waals surface area contributed by atoms with Crippen LogP contribution in [0.2, 0.25) is 0 Å². The third-order valence-corrected chi connectivity index (χ3v) is 2.29. The normalized spacial score (nSPS) is 13.8. The number of hydrogen-bond acceptors (Lipinski definition) is 4. The molecule has 0 atom stereocenters. The third kappa shape index (κ3) is 2.13. The predicted octanol–water partition coefficient (Wildman–Crippen LogP) is -1.09. The molecule has 4 N–H and O–H groups in total. The fourth-order valence-corrected chi connectivity index (χ4v) is 1.54. The third-order valence-electron chi connectivity index (χ3n) is 2.29. The maximum absolute atomic E-state index is 11.5. The molecule has 1 aliphatic rings. The highest BCUT2D eigenvalue weighted by Crippen LogP contribution is 2.13. The zero-order valence-electron chi connectivity index (χ0n) is 8.69. The fraction of sp³-hybridized carbons (Fsp3) is 0.444. The summed E-state index contributed by atoms with van der Waals surface area (Å²) >= 11 is 0. The van der Waals surface area contributed by atoms with Crippen LogP contribution in [0.15, 0.2) is 6.20 Å². The average molecular weight is 223 g/mol. The zero-order chi connectivity index (χ0) is 11.5. The number of carbonyl (C=O) groups excluding carboxylic acids is 2. The molecule has 16 heavy (non-hydrogen) atoms. The van der Waals surface area contributed by atoms with E-state index in [1.807, 2.05) is 4.57 Å². The van der Waals surface area contributed by atoms with Crippen molar-refractivity contribution in [3.8, 4) is 0 Å². The second-order valence-electron chi connectivity index (χ2n) is 3.57. The molecule has 0 unspecified atom stereocenters. The Morgan fingerprint density at radius 2 is 2.44 bits per heavy atom. The van der Waals surface area contributed by atoms with Crippen molar-refractivity contribution >= 4 is 17.8 Å². The summed E-state index contributed by atoms with van der Waals surface area (Å²) in [5.41, 5.74) is 5.22. The molecule has 0 aliphatic carbocycles. The van der Waals surface area contributed by atoms with E-state index in [1.165, 1.54) is 0 Å². The zero-order valence-corrected chi connectivity index (χ0v) is 8.69. The lowest BCUT2D eigenvalue weighted by molar-refractivity contribution is -0.117. The summed E-state index contributed by atoms with van der Waals surface area (Å²) in [4.78, 5) is 26.2. The van der Waals surface area contributed by atoms with Crippen molar-refractivity contribution in [3.05, 3.63) is 11.9 Å². The van der Waals surface area contributed by atoms with E-state index >= 15 is 0 Å². The van der Waals surface area contributed by atoms with Crippen LogP contribution in [-0.4, -0.2) is 34.5 Å². The summed E-state index contributed by atoms with van der Waals surface area (Å²) in [6.45, 7) is 1.53. The first-order chi connectivity index (χ1) is 7.66.